The van der Waals surface area contributed by atoms with E-state index in [0.717, 1.165) is 24.0 Å². The van der Waals surface area contributed by atoms with Crippen molar-refractivity contribution >= 4 is 11.6 Å². The molecule has 1 aliphatic carbocycles. The molecule has 1 aliphatic rings. The van der Waals surface area contributed by atoms with Crippen molar-refractivity contribution in [3.05, 3.63) is 34.9 Å². The van der Waals surface area contributed by atoms with E-state index in [-0.39, 0.29) is 0 Å². The zero-order valence-electron chi connectivity index (χ0n) is 9.39. The third kappa shape index (κ3) is 2.19. The molecule has 0 aliphatic heterocycles. The third-order valence-electron chi connectivity index (χ3n) is 3.56. The van der Waals surface area contributed by atoms with Gasteiger partial charge >= 0.3 is 0 Å². The van der Waals surface area contributed by atoms with Gasteiger partial charge in [-0.15, -0.1) is 0 Å². The highest BCUT2D eigenvalue weighted by molar-refractivity contribution is 6.30. The van der Waals surface area contributed by atoms with Gasteiger partial charge in [0.15, 0.2) is 0 Å². The molecule has 0 amide bonds. The van der Waals surface area contributed by atoms with Gasteiger partial charge in [-0.3, -0.25) is 0 Å². The fraction of sp³-hybridized carbons (Fsp3) is 0.538. The fourth-order valence-electron chi connectivity index (χ4n) is 2.25. The normalized spacial score (nSPS) is 29.1. The molecule has 0 bridgehead atoms. The first-order valence-corrected chi connectivity index (χ1v) is 6.01. The van der Waals surface area contributed by atoms with E-state index >= 15 is 0 Å². The first kappa shape index (κ1) is 11.0. The van der Waals surface area contributed by atoms with Crippen LogP contribution < -0.4 is 5.32 Å². The van der Waals surface area contributed by atoms with Gasteiger partial charge in [0, 0.05) is 5.02 Å². The minimum Gasteiger partial charge on any atom is -0.317 e. The number of rotatable bonds is 4. The van der Waals surface area contributed by atoms with Crippen LogP contribution in [-0.2, 0) is 5.41 Å². The van der Waals surface area contributed by atoms with Crippen LogP contribution in [0, 0.1) is 5.92 Å². The molecule has 2 unspecified atom stereocenters. The molecule has 2 heteroatoms. The van der Waals surface area contributed by atoms with Crippen LogP contribution in [0.1, 0.15) is 25.8 Å². The summed E-state index contributed by atoms with van der Waals surface area (Å²) in [6.07, 6.45) is 1.29. The topological polar surface area (TPSA) is 12.0 Å². The average Bonchev–Trinajstić information content (AvgIpc) is 2.89. The van der Waals surface area contributed by atoms with Crippen LogP contribution in [0.5, 0.6) is 0 Å². The molecule has 0 saturated heterocycles. The van der Waals surface area contributed by atoms with Crippen LogP contribution in [0.2, 0.25) is 5.02 Å². The second-order valence-electron chi connectivity index (χ2n) is 4.63. The fourth-order valence-corrected chi connectivity index (χ4v) is 2.38. The minimum absolute atomic E-state index is 0.382. The van der Waals surface area contributed by atoms with Crippen LogP contribution >= 0.6 is 11.6 Å². The van der Waals surface area contributed by atoms with Crippen molar-refractivity contribution in [3.63, 3.8) is 0 Å². The van der Waals surface area contributed by atoms with Crippen molar-refractivity contribution in [2.24, 2.45) is 5.92 Å². The summed E-state index contributed by atoms with van der Waals surface area (Å²) in [7, 11) is 0. The molecule has 15 heavy (non-hydrogen) atoms. The van der Waals surface area contributed by atoms with Gasteiger partial charge in [0.05, 0.1) is 0 Å². The minimum atomic E-state index is 0.382. The Kier molecular flexibility index (Phi) is 3.03. The summed E-state index contributed by atoms with van der Waals surface area (Å²) in [4.78, 5) is 0. The monoisotopic (exact) mass is 223 g/mol. The molecule has 2 rings (SSSR count). The number of hydrogen-bond donors (Lipinski definition) is 1. The third-order valence-corrected chi connectivity index (χ3v) is 3.81. The molecule has 0 aromatic heterocycles. The quantitative estimate of drug-likeness (QED) is 0.827. The van der Waals surface area contributed by atoms with Crippen LogP contribution in [-0.4, -0.2) is 13.1 Å². The lowest BCUT2D eigenvalue weighted by atomic mass is 9.95. The summed E-state index contributed by atoms with van der Waals surface area (Å²) < 4.78 is 0. The summed E-state index contributed by atoms with van der Waals surface area (Å²) in [5, 5.41) is 4.25. The summed E-state index contributed by atoms with van der Waals surface area (Å²) in [6, 6.07) is 8.30. The van der Waals surface area contributed by atoms with Gasteiger partial charge in [-0.25, -0.2) is 0 Å². The Bertz CT molecular complexity index is 333. The van der Waals surface area contributed by atoms with Gasteiger partial charge in [0.1, 0.15) is 0 Å². The predicted molar refractivity (Wildman–Crippen MR) is 65.5 cm³/mol. The van der Waals surface area contributed by atoms with Crippen LogP contribution in [0.25, 0.3) is 0 Å². The Balaban J connectivity index is 2.03. The summed E-state index contributed by atoms with van der Waals surface area (Å²) in [5.41, 5.74) is 1.81. The van der Waals surface area contributed by atoms with Gasteiger partial charge in [-0.2, -0.15) is 0 Å². The van der Waals surface area contributed by atoms with Gasteiger partial charge in [-0.05, 0) is 48.5 Å². The zero-order chi connectivity index (χ0) is 10.9. The maximum absolute atomic E-state index is 5.89. The lowest BCUT2D eigenvalue weighted by Crippen LogP contribution is -2.19. The first-order chi connectivity index (χ1) is 7.16. The van der Waals surface area contributed by atoms with Gasteiger partial charge < -0.3 is 5.32 Å². The zero-order valence-corrected chi connectivity index (χ0v) is 10.1. The molecule has 1 fully saturated rings. The summed E-state index contributed by atoms with van der Waals surface area (Å²) >= 11 is 5.89. The molecule has 0 heterocycles. The van der Waals surface area contributed by atoms with Crippen molar-refractivity contribution in [3.8, 4) is 0 Å². The Morgan fingerprint density at radius 3 is 2.67 bits per heavy atom. The highest BCUT2D eigenvalue weighted by atomic mass is 35.5. The predicted octanol–water partition coefficient (Wildman–Crippen LogP) is 3.23. The lowest BCUT2D eigenvalue weighted by molar-refractivity contribution is 0.591. The van der Waals surface area contributed by atoms with E-state index in [1.807, 2.05) is 12.1 Å². The Labute approximate surface area is 96.8 Å². The van der Waals surface area contributed by atoms with E-state index < -0.39 is 0 Å². The Hall–Kier alpha value is -0.530. The van der Waals surface area contributed by atoms with Gasteiger partial charge in [0.2, 0.25) is 0 Å². The standard InChI is InChI=1S/C13H18ClN/c1-3-15-9-11-8-13(11,2)10-4-6-12(14)7-5-10/h4-7,11,15H,3,8-9H2,1-2H3. The Morgan fingerprint density at radius 1 is 1.40 bits per heavy atom. The summed E-state index contributed by atoms with van der Waals surface area (Å²) in [5.74, 6) is 0.790. The highest BCUT2D eigenvalue weighted by Crippen LogP contribution is 2.53. The van der Waals surface area contributed by atoms with E-state index in [4.69, 9.17) is 11.6 Å². The van der Waals surface area contributed by atoms with Gasteiger partial charge in [0.25, 0.3) is 0 Å². The number of nitrogens with one attached hydrogen (secondary N) is 1. The smallest absolute Gasteiger partial charge is 0.0406 e. The van der Waals surface area contributed by atoms with E-state index in [9.17, 15) is 0 Å². The molecule has 1 aromatic carbocycles. The molecule has 1 aromatic rings. The second-order valence-corrected chi connectivity index (χ2v) is 5.07. The van der Waals surface area contributed by atoms with Crippen LogP contribution in [0.15, 0.2) is 24.3 Å². The maximum Gasteiger partial charge on any atom is 0.0406 e. The van der Waals surface area contributed by atoms with Gasteiger partial charge in [-0.1, -0.05) is 37.6 Å². The molecule has 1 N–H and O–H groups in total. The van der Waals surface area contributed by atoms with E-state index in [2.05, 4.69) is 31.3 Å². The lowest BCUT2D eigenvalue weighted by Gasteiger charge is -2.12. The number of benzene rings is 1. The van der Waals surface area contributed by atoms with Crippen LogP contribution in [0.4, 0.5) is 0 Å². The maximum atomic E-state index is 5.89. The SMILES string of the molecule is CCNCC1CC1(C)c1ccc(Cl)cc1. The van der Waals surface area contributed by atoms with Crippen molar-refractivity contribution in [2.45, 2.75) is 25.7 Å². The average molecular weight is 224 g/mol. The van der Waals surface area contributed by atoms with Crippen LogP contribution in [0.3, 0.4) is 0 Å². The van der Waals surface area contributed by atoms with Crippen molar-refractivity contribution in [1.82, 2.24) is 5.32 Å². The number of hydrogen-bond acceptors (Lipinski definition) is 1. The molecule has 1 nitrogen and oxygen atoms in total. The molecular weight excluding hydrogens is 206 g/mol. The van der Waals surface area contributed by atoms with E-state index in [1.165, 1.54) is 12.0 Å². The molecular formula is C13H18ClN. The van der Waals surface area contributed by atoms with E-state index in [0.29, 0.717) is 5.41 Å². The molecule has 0 radical (unpaired) electrons. The molecule has 0 spiro atoms. The molecule has 1 saturated carbocycles. The molecule has 82 valence electrons. The van der Waals surface area contributed by atoms with Crippen molar-refractivity contribution < 1.29 is 0 Å². The molecule has 2 atom stereocenters. The summed E-state index contributed by atoms with van der Waals surface area (Å²) in [6.45, 7) is 6.70. The number of halogens is 1. The largest absolute Gasteiger partial charge is 0.317 e. The second kappa shape index (κ2) is 4.15. The van der Waals surface area contributed by atoms with Crippen molar-refractivity contribution in [2.75, 3.05) is 13.1 Å². The first-order valence-electron chi connectivity index (χ1n) is 5.63. The van der Waals surface area contributed by atoms with Crippen molar-refractivity contribution in [1.29, 1.82) is 0 Å². The highest BCUT2D eigenvalue weighted by Gasteiger charge is 2.50. The van der Waals surface area contributed by atoms with E-state index in [1.54, 1.807) is 0 Å². The Morgan fingerprint density at radius 2 is 2.07 bits per heavy atom.